The molecule has 0 radical (unpaired) electrons. The first-order valence-electron chi connectivity index (χ1n) is 5.14. The number of rotatable bonds is 3. The average molecular weight is 193 g/mol. The van der Waals surface area contributed by atoms with Crippen molar-refractivity contribution >= 4 is 0 Å². The first kappa shape index (κ1) is 11.1. The highest BCUT2D eigenvalue weighted by Gasteiger charge is 2.15. The standard InChI is InChI=1S/C12H19NO/c1-4-9-6-5-7-10(12(9)14)11(13)8(2)3/h5-8,11,14H,4,13H2,1-3H3. The minimum absolute atomic E-state index is 0.0819. The third-order valence-corrected chi connectivity index (χ3v) is 2.61. The predicted molar refractivity (Wildman–Crippen MR) is 59.3 cm³/mol. The summed E-state index contributed by atoms with van der Waals surface area (Å²) in [5, 5.41) is 9.93. The number of hydrogen-bond donors (Lipinski definition) is 2. The number of aromatic hydroxyl groups is 1. The van der Waals surface area contributed by atoms with Crippen LogP contribution in [0.15, 0.2) is 18.2 Å². The average Bonchev–Trinajstić information content (AvgIpc) is 2.17. The Bertz CT molecular complexity index is 307. The van der Waals surface area contributed by atoms with Crippen molar-refractivity contribution < 1.29 is 5.11 Å². The fourth-order valence-electron chi connectivity index (χ4n) is 1.52. The van der Waals surface area contributed by atoms with E-state index in [4.69, 9.17) is 5.73 Å². The molecular weight excluding hydrogens is 174 g/mol. The monoisotopic (exact) mass is 193 g/mol. The van der Waals surface area contributed by atoms with Gasteiger partial charge in [0, 0.05) is 11.6 Å². The maximum Gasteiger partial charge on any atom is 0.123 e. The summed E-state index contributed by atoms with van der Waals surface area (Å²) < 4.78 is 0. The Morgan fingerprint density at radius 3 is 2.50 bits per heavy atom. The van der Waals surface area contributed by atoms with Crippen LogP contribution in [0.2, 0.25) is 0 Å². The zero-order valence-electron chi connectivity index (χ0n) is 9.12. The molecule has 0 saturated carbocycles. The Morgan fingerprint density at radius 2 is 2.00 bits per heavy atom. The first-order valence-corrected chi connectivity index (χ1v) is 5.14. The third-order valence-electron chi connectivity index (χ3n) is 2.61. The molecule has 2 heteroatoms. The molecule has 0 heterocycles. The Hall–Kier alpha value is -1.02. The van der Waals surface area contributed by atoms with Gasteiger partial charge in [0.05, 0.1) is 0 Å². The lowest BCUT2D eigenvalue weighted by Crippen LogP contribution is -2.17. The first-order chi connectivity index (χ1) is 6.57. The van der Waals surface area contributed by atoms with Gasteiger partial charge in [-0.2, -0.15) is 0 Å². The summed E-state index contributed by atoms with van der Waals surface area (Å²) in [7, 11) is 0. The molecule has 0 amide bonds. The van der Waals surface area contributed by atoms with Crippen molar-refractivity contribution in [2.45, 2.75) is 33.2 Å². The van der Waals surface area contributed by atoms with E-state index >= 15 is 0 Å². The van der Waals surface area contributed by atoms with E-state index in [1.54, 1.807) is 0 Å². The molecule has 0 bridgehead atoms. The van der Waals surface area contributed by atoms with E-state index in [0.717, 1.165) is 17.5 Å². The Balaban J connectivity index is 3.09. The third kappa shape index (κ3) is 2.07. The second kappa shape index (κ2) is 4.47. The minimum Gasteiger partial charge on any atom is -0.507 e. The largest absolute Gasteiger partial charge is 0.507 e. The van der Waals surface area contributed by atoms with E-state index in [1.807, 2.05) is 25.1 Å². The lowest BCUT2D eigenvalue weighted by molar-refractivity contribution is 0.435. The second-order valence-electron chi connectivity index (χ2n) is 3.98. The predicted octanol–water partition coefficient (Wildman–Crippen LogP) is 2.61. The number of nitrogens with two attached hydrogens (primary N) is 1. The van der Waals surface area contributed by atoms with Crippen LogP contribution in [-0.2, 0) is 6.42 Å². The van der Waals surface area contributed by atoms with Gasteiger partial charge < -0.3 is 10.8 Å². The van der Waals surface area contributed by atoms with Crippen LogP contribution in [0.3, 0.4) is 0 Å². The number of hydrogen-bond acceptors (Lipinski definition) is 2. The van der Waals surface area contributed by atoms with Gasteiger partial charge in [-0.05, 0) is 17.9 Å². The van der Waals surface area contributed by atoms with E-state index in [9.17, 15) is 5.11 Å². The van der Waals surface area contributed by atoms with Crippen molar-refractivity contribution in [2.24, 2.45) is 11.7 Å². The fourth-order valence-corrected chi connectivity index (χ4v) is 1.52. The van der Waals surface area contributed by atoms with Gasteiger partial charge in [0.1, 0.15) is 5.75 Å². The number of aryl methyl sites for hydroxylation is 1. The topological polar surface area (TPSA) is 46.2 Å². The molecule has 2 nitrogen and oxygen atoms in total. The van der Waals surface area contributed by atoms with Crippen molar-refractivity contribution in [2.75, 3.05) is 0 Å². The van der Waals surface area contributed by atoms with Gasteiger partial charge in [0.25, 0.3) is 0 Å². The molecule has 3 N–H and O–H groups in total. The van der Waals surface area contributed by atoms with Gasteiger partial charge in [-0.15, -0.1) is 0 Å². The molecule has 0 fully saturated rings. The maximum atomic E-state index is 9.93. The van der Waals surface area contributed by atoms with Gasteiger partial charge >= 0.3 is 0 Å². The number of phenols is 1. The molecule has 0 spiro atoms. The zero-order valence-corrected chi connectivity index (χ0v) is 9.12. The summed E-state index contributed by atoms with van der Waals surface area (Å²) in [6.45, 7) is 6.14. The van der Waals surface area contributed by atoms with E-state index in [0.29, 0.717) is 11.7 Å². The number of para-hydroxylation sites is 1. The van der Waals surface area contributed by atoms with Crippen LogP contribution < -0.4 is 5.73 Å². The highest BCUT2D eigenvalue weighted by atomic mass is 16.3. The number of benzene rings is 1. The van der Waals surface area contributed by atoms with Gasteiger partial charge in [0.15, 0.2) is 0 Å². The van der Waals surface area contributed by atoms with Crippen LogP contribution in [0.1, 0.15) is 37.9 Å². The van der Waals surface area contributed by atoms with Gasteiger partial charge in [0.2, 0.25) is 0 Å². The van der Waals surface area contributed by atoms with E-state index in [-0.39, 0.29) is 6.04 Å². The second-order valence-corrected chi connectivity index (χ2v) is 3.98. The number of phenolic OH excluding ortho intramolecular Hbond substituents is 1. The van der Waals surface area contributed by atoms with Crippen LogP contribution in [-0.4, -0.2) is 5.11 Å². The maximum absolute atomic E-state index is 9.93. The van der Waals surface area contributed by atoms with Crippen molar-refractivity contribution in [1.82, 2.24) is 0 Å². The summed E-state index contributed by atoms with van der Waals surface area (Å²) in [5.74, 6) is 0.712. The molecule has 0 saturated heterocycles. The molecule has 1 unspecified atom stereocenters. The van der Waals surface area contributed by atoms with Crippen LogP contribution in [0, 0.1) is 5.92 Å². The fraction of sp³-hybridized carbons (Fsp3) is 0.500. The molecular formula is C12H19NO. The van der Waals surface area contributed by atoms with Gasteiger partial charge in [-0.3, -0.25) is 0 Å². The molecule has 14 heavy (non-hydrogen) atoms. The highest BCUT2D eigenvalue weighted by Crippen LogP contribution is 2.30. The summed E-state index contributed by atoms with van der Waals surface area (Å²) in [6.07, 6.45) is 0.838. The summed E-state index contributed by atoms with van der Waals surface area (Å²) in [6, 6.07) is 5.71. The van der Waals surface area contributed by atoms with Crippen LogP contribution in [0.4, 0.5) is 0 Å². The van der Waals surface area contributed by atoms with Crippen molar-refractivity contribution in [3.8, 4) is 5.75 Å². The SMILES string of the molecule is CCc1cccc(C(N)C(C)C)c1O. The zero-order chi connectivity index (χ0) is 10.7. The molecule has 0 aliphatic heterocycles. The van der Waals surface area contributed by atoms with Gasteiger partial charge in [-0.25, -0.2) is 0 Å². The van der Waals surface area contributed by atoms with Crippen LogP contribution in [0.25, 0.3) is 0 Å². The quantitative estimate of drug-likeness (QED) is 0.775. The van der Waals surface area contributed by atoms with Crippen LogP contribution in [0.5, 0.6) is 5.75 Å². The van der Waals surface area contributed by atoms with Crippen molar-refractivity contribution in [3.05, 3.63) is 29.3 Å². The molecule has 1 atom stereocenters. The highest BCUT2D eigenvalue weighted by molar-refractivity contribution is 5.42. The van der Waals surface area contributed by atoms with E-state index in [2.05, 4.69) is 13.8 Å². The Labute approximate surface area is 85.8 Å². The molecule has 1 rings (SSSR count). The molecule has 0 aromatic heterocycles. The molecule has 0 aliphatic carbocycles. The molecule has 78 valence electrons. The molecule has 1 aromatic carbocycles. The van der Waals surface area contributed by atoms with Crippen molar-refractivity contribution in [1.29, 1.82) is 0 Å². The van der Waals surface area contributed by atoms with Gasteiger partial charge in [-0.1, -0.05) is 39.0 Å². The Kier molecular flexibility index (Phi) is 3.53. The van der Waals surface area contributed by atoms with Crippen molar-refractivity contribution in [3.63, 3.8) is 0 Å². The summed E-state index contributed by atoms with van der Waals surface area (Å²) in [5.41, 5.74) is 7.83. The molecule has 0 aliphatic rings. The normalized spacial score (nSPS) is 13.2. The summed E-state index contributed by atoms with van der Waals surface area (Å²) >= 11 is 0. The lowest BCUT2D eigenvalue weighted by atomic mass is 9.94. The smallest absolute Gasteiger partial charge is 0.123 e. The lowest BCUT2D eigenvalue weighted by Gasteiger charge is -2.18. The molecule has 1 aromatic rings. The van der Waals surface area contributed by atoms with E-state index < -0.39 is 0 Å². The van der Waals surface area contributed by atoms with Crippen LogP contribution >= 0.6 is 0 Å². The Morgan fingerprint density at radius 1 is 1.36 bits per heavy atom. The summed E-state index contributed by atoms with van der Waals surface area (Å²) in [4.78, 5) is 0. The van der Waals surface area contributed by atoms with E-state index in [1.165, 1.54) is 0 Å². The minimum atomic E-state index is -0.0819.